The van der Waals surface area contributed by atoms with Gasteiger partial charge in [-0.25, -0.2) is 4.98 Å². The Hall–Kier alpha value is -1.78. The highest BCUT2D eigenvalue weighted by Crippen LogP contribution is 2.23. The van der Waals surface area contributed by atoms with Crippen LogP contribution >= 0.6 is 0 Å². The highest BCUT2D eigenvalue weighted by atomic mass is 16.5. The summed E-state index contributed by atoms with van der Waals surface area (Å²) in [5.74, 6) is 0.339. The van der Waals surface area contributed by atoms with Crippen LogP contribution in [0, 0.1) is 0 Å². The number of anilines is 1. The van der Waals surface area contributed by atoms with E-state index in [1.807, 2.05) is 32.9 Å². The molecule has 0 saturated carbocycles. The highest BCUT2D eigenvalue weighted by Gasteiger charge is 2.13. The van der Waals surface area contributed by atoms with Gasteiger partial charge in [0.2, 0.25) is 5.88 Å². The van der Waals surface area contributed by atoms with Crippen molar-refractivity contribution in [3.8, 4) is 5.88 Å². The molecule has 1 atom stereocenters. The fraction of sp³-hybridized carbons (Fsp3) is 0.571. The Balaban J connectivity index is 2.63. The predicted molar refractivity (Wildman–Crippen MR) is 74.3 cm³/mol. The van der Waals surface area contributed by atoms with E-state index in [1.54, 1.807) is 13.1 Å². The molecule has 0 spiro atoms. The van der Waals surface area contributed by atoms with Gasteiger partial charge in [-0.15, -0.1) is 0 Å². The minimum atomic E-state index is -0.210. The molecule has 19 heavy (non-hydrogen) atoms. The summed E-state index contributed by atoms with van der Waals surface area (Å²) >= 11 is 0. The number of hydrogen-bond acceptors (Lipinski definition) is 5. The van der Waals surface area contributed by atoms with Gasteiger partial charge < -0.3 is 14.8 Å². The lowest BCUT2D eigenvalue weighted by molar-refractivity contribution is -0.143. The maximum Gasteiger partial charge on any atom is 0.307 e. The number of carbonyl (C=O) groups is 1. The van der Waals surface area contributed by atoms with E-state index >= 15 is 0 Å². The molecule has 0 bridgehead atoms. The second kappa shape index (κ2) is 7.61. The van der Waals surface area contributed by atoms with Crippen molar-refractivity contribution in [2.24, 2.45) is 0 Å². The number of rotatable bonds is 7. The predicted octanol–water partition coefficient (Wildman–Crippen LogP) is 2.62. The van der Waals surface area contributed by atoms with E-state index in [-0.39, 0.29) is 18.1 Å². The number of carbonyl (C=O) groups excluding carboxylic acids is 1. The molecule has 106 valence electrons. The van der Waals surface area contributed by atoms with E-state index in [4.69, 9.17) is 9.47 Å². The van der Waals surface area contributed by atoms with Crippen molar-refractivity contribution in [2.75, 3.05) is 11.9 Å². The lowest BCUT2D eigenvalue weighted by Crippen LogP contribution is -2.22. The van der Waals surface area contributed by atoms with Crippen LogP contribution in [0.4, 0.5) is 5.69 Å². The summed E-state index contributed by atoms with van der Waals surface area (Å²) in [6.07, 6.45) is 2.04. The van der Waals surface area contributed by atoms with Crippen molar-refractivity contribution in [1.82, 2.24) is 4.98 Å². The normalized spacial score (nSPS) is 12.1. The first kappa shape index (κ1) is 15.3. The molecule has 0 amide bonds. The largest absolute Gasteiger partial charge is 0.473 e. The molecule has 0 radical (unpaired) electrons. The Labute approximate surface area is 114 Å². The van der Waals surface area contributed by atoms with Crippen LogP contribution in [0.15, 0.2) is 18.3 Å². The van der Waals surface area contributed by atoms with Crippen molar-refractivity contribution >= 4 is 11.7 Å². The van der Waals surface area contributed by atoms with Crippen molar-refractivity contribution in [2.45, 2.75) is 46.3 Å². The van der Waals surface area contributed by atoms with Gasteiger partial charge in [-0.2, -0.15) is 0 Å². The van der Waals surface area contributed by atoms with Gasteiger partial charge in [0.15, 0.2) is 0 Å². The first-order chi connectivity index (χ1) is 9.02. The van der Waals surface area contributed by atoms with Crippen LogP contribution in [0.3, 0.4) is 0 Å². The van der Waals surface area contributed by atoms with Gasteiger partial charge in [-0.05, 0) is 39.8 Å². The Morgan fingerprint density at radius 1 is 1.42 bits per heavy atom. The zero-order valence-corrected chi connectivity index (χ0v) is 12.0. The SMILES string of the molecule is CCOC(=O)CC(C)Nc1cccnc1OC(C)C. The van der Waals surface area contributed by atoms with Gasteiger partial charge in [-0.1, -0.05) is 0 Å². The molecular formula is C14H22N2O3. The van der Waals surface area contributed by atoms with Gasteiger partial charge in [0.25, 0.3) is 0 Å². The third-order valence-electron chi connectivity index (χ3n) is 2.30. The quantitative estimate of drug-likeness (QED) is 0.769. The van der Waals surface area contributed by atoms with E-state index in [1.165, 1.54) is 0 Å². The monoisotopic (exact) mass is 266 g/mol. The number of nitrogens with zero attached hydrogens (tertiary/aromatic N) is 1. The van der Waals surface area contributed by atoms with Crippen LogP contribution < -0.4 is 10.1 Å². The van der Waals surface area contributed by atoms with E-state index < -0.39 is 0 Å². The molecule has 1 aromatic rings. The molecule has 0 fully saturated rings. The maximum atomic E-state index is 11.4. The van der Waals surface area contributed by atoms with Gasteiger partial charge >= 0.3 is 5.97 Å². The molecule has 0 aromatic carbocycles. The van der Waals surface area contributed by atoms with E-state index in [0.29, 0.717) is 18.9 Å². The summed E-state index contributed by atoms with van der Waals surface area (Å²) in [7, 11) is 0. The number of nitrogens with one attached hydrogen (secondary N) is 1. The third kappa shape index (κ3) is 5.59. The van der Waals surface area contributed by atoms with Crippen LogP contribution in [0.1, 0.15) is 34.1 Å². The first-order valence-corrected chi connectivity index (χ1v) is 6.56. The minimum Gasteiger partial charge on any atom is -0.473 e. The molecule has 5 nitrogen and oxygen atoms in total. The van der Waals surface area contributed by atoms with Gasteiger partial charge in [-0.3, -0.25) is 4.79 Å². The smallest absolute Gasteiger partial charge is 0.307 e. The molecule has 1 aromatic heterocycles. The number of hydrogen-bond donors (Lipinski definition) is 1. The molecular weight excluding hydrogens is 244 g/mol. The summed E-state index contributed by atoms with van der Waals surface area (Å²) in [5, 5.41) is 3.22. The van der Waals surface area contributed by atoms with Crippen LogP contribution in [-0.4, -0.2) is 29.7 Å². The molecule has 5 heteroatoms. The average molecular weight is 266 g/mol. The zero-order chi connectivity index (χ0) is 14.3. The Morgan fingerprint density at radius 2 is 2.16 bits per heavy atom. The lowest BCUT2D eigenvalue weighted by Gasteiger charge is -2.18. The fourth-order valence-corrected chi connectivity index (χ4v) is 1.60. The summed E-state index contributed by atoms with van der Waals surface area (Å²) < 4.78 is 10.5. The third-order valence-corrected chi connectivity index (χ3v) is 2.30. The molecule has 0 aliphatic rings. The minimum absolute atomic E-state index is 0.0437. The number of ether oxygens (including phenoxy) is 2. The lowest BCUT2D eigenvalue weighted by atomic mass is 10.2. The molecule has 0 saturated heterocycles. The van der Waals surface area contributed by atoms with E-state index in [9.17, 15) is 4.79 Å². The maximum absolute atomic E-state index is 11.4. The summed E-state index contributed by atoms with van der Waals surface area (Å²) in [5.41, 5.74) is 0.785. The average Bonchev–Trinajstić information content (AvgIpc) is 2.31. The summed E-state index contributed by atoms with van der Waals surface area (Å²) in [6, 6.07) is 3.66. The fourth-order valence-electron chi connectivity index (χ4n) is 1.60. The van der Waals surface area contributed by atoms with Crippen LogP contribution in [0.2, 0.25) is 0 Å². The number of pyridine rings is 1. The van der Waals surface area contributed by atoms with E-state index in [2.05, 4.69) is 10.3 Å². The second-order valence-corrected chi connectivity index (χ2v) is 4.58. The van der Waals surface area contributed by atoms with Gasteiger partial charge in [0, 0.05) is 12.2 Å². The van der Waals surface area contributed by atoms with Crippen molar-refractivity contribution in [3.05, 3.63) is 18.3 Å². The molecule has 1 heterocycles. The molecule has 1 N–H and O–H groups in total. The molecule has 0 aliphatic heterocycles. The zero-order valence-electron chi connectivity index (χ0n) is 12.0. The molecule has 1 rings (SSSR count). The van der Waals surface area contributed by atoms with E-state index in [0.717, 1.165) is 5.69 Å². The van der Waals surface area contributed by atoms with Crippen LogP contribution in [0.25, 0.3) is 0 Å². The van der Waals surface area contributed by atoms with Crippen LogP contribution in [-0.2, 0) is 9.53 Å². The van der Waals surface area contributed by atoms with Crippen molar-refractivity contribution in [1.29, 1.82) is 0 Å². The topological polar surface area (TPSA) is 60.5 Å². The Morgan fingerprint density at radius 3 is 2.79 bits per heavy atom. The number of esters is 1. The number of aromatic nitrogens is 1. The molecule has 0 aliphatic carbocycles. The first-order valence-electron chi connectivity index (χ1n) is 6.56. The van der Waals surface area contributed by atoms with Crippen LogP contribution in [0.5, 0.6) is 5.88 Å². The summed E-state index contributed by atoms with van der Waals surface area (Å²) in [6.45, 7) is 8.01. The van der Waals surface area contributed by atoms with Crippen molar-refractivity contribution < 1.29 is 14.3 Å². The Bertz CT molecular complexity index is 407. The Kier molecular flexibility index (Phi) is 6.12. The standard InChI is InChI=1S/C14H22N2O3/c1-5-18-13(17)9-11(4)16-12-7-6-8-15-14(12)19-10(2)3/h6-8,10-11,16H,5,9H2,1-4H3. The van der Waals surface area contributed by atoms with Gasteiger partial charge in [0.1, 0.15) is 0 Å². The molecule has 1 unspecified atom stereocenters. The summed E-state index contributed by atoms with van der Waals surface area (Å²) in [4.78, 5) is 15.6. The second-order valence-electron chi connectivity index (χ2n) is 4.58. The van der Waals surface area contributed by atoms with Gasteiger partial charge in [0.05, 0.1) is 24.8 Å². The highest BCUT2D eigenvalue weighted by molar-refractivity contribution is 5.70. The van der Waals surface area contributed by atoms with Crippen molar-refractivity contribution in [3.63, 3.8) is 0 Å².